The fourth-order valence-corrected chi connectivity index (χ4v) is 3.37. The van der Waals surface area contributed by atoms with Gasteiger partial charge in [-0.15, -0.1) is 0 Å². The van der Waals surface area contributed by atoms with Crippen molar-refractivity contribution >= 4 is 34.4 Å². The van der Waals surface area contributed by atoms with E-state index in [0.717, 1.165) is 16.6 Å². The van der Waals surface area contributed by atoms with Crippen molar-refractivity contribution in [2.45, 2.75) is 6.54 Å². The zero-order chi connectivity index (χ0) is 17.2. The Morgan fingerprint density at radius 1 is 1.24 bits per heavy atom. The fraction of sp³-hybridized carbons (Fsp3) is 0.0556. The first-order chi connectivity index (χ1) is 12.2. The smallest absolute Gasteiger partial charge is 0.287 e. The molecule has 1 aromatic carbocycles. The minimum atomic E-state index is -0.229. The number of thiophene rings is 1. The van der Waals surface area contributed by atoms with E-state index in [1.807, 2.05) is 29.0 Å². The van der Waals surface area contributed by atoms with E-state index in [-0.39, 0.29) is 5.91 Å². The summed E-state index contributed by atoms with van der Waals surface area (Å²) in [5, 5.41) is 7.55. The number of amides is 1. The number of nitrogens with one attached hydrogen (secondary N) is 1. The summed E-state index contributed by atoms with van der Waals surface area (Å²) >= 11 is 7.56. The van der Waals surface area contributed by atoms with Crippen LogP contribution in [0.15, 0.2) is 59.7 Å². The molecule has 4 aromatic rings. The van der Waals surface area contributed by atoms with Crippen molar-refractivity contribution in [2.24, 2.45) is 0 Å². The Kier molecular flexibility index (Phi) is 4.21. The number of aromatic nitrogens is 3. The van der Waals surface area contributed by atoms with Crippen LogP contribution in [0.2, 0.25) is 5.02 Å². The van der Waals surface area contributed by atoms with Gasteiger partial charge in [0.05, 0.1) is 17.4 Å². The van der Waals surface area contributed by atoms with Crippen LogP contribution in [0, 0.1) is 0 Å². The molecular weight excluding hydrogens is 356 g/mol. The highest BCUT2D eigenvalue weighted by Crippen LogP contribution is 2.25. The lowest BCUT2D eigenvalue weighted by Crippen LogP contribution is -2.24. The van der Waals surface area contributed by atoms with Crippen molar-refractivity contribution in [3.05, 3.63) is 76.1 Å². The van der Waals surface area contributed by atoms with Crippen molar-refractivity contribution in [1.29, 1.82) is 0 Å². The number of hydrogen-bond donors (Lipinski definition) is 1. The number of imidazole rings is 1. The van der Waals surface area contributed by atoms with Crippen LogP contribution in [0.5, 0.6) is 0 Å². The van der Waals surface area contributed by atoms with Gasteiger partial charge in [0, 0.05) is 29.5 Å². The van der Waals surface area contributed by atoms with Crippen LogP contribution < -0.4 is 5.32 Å². The second-order valence-electron chi connectivity index (χ2n) is 5.44. The number of carbonyl (C=O) groups excluding carboxylic acids is 1. The van der Waals surface area contributed by atoms with Crippen LogP contribution in [0.4, 0.5) is 0 Å². The number of carbonyl (C=O) groups is 1. The normalized spacial score (nSPS) is 10.9. The summed E-state index contributed by atoms with van der Waals surface area (Å²) in [5.41, 5.74) is 3.42. The quantitative estimate of drug-likeness (QED) is 0.591. The number of rotatable bonds is 4. The molecule has 0 aliphatic heterocycles. The van der Waals surface area contributed by atoms with Gasteiger partial charge in [0.1, 0.15) is 0 Å². The summed E-state index contributed by atoms with van der Waals surface area (Å²) in [6, 6.07) is 9.34. The summed E-state index contributed by atoms with van der Waals surface area (Å²) in [6.07, 6.45) is 5.07. The SMILES string of the molecule is O=C(NCc1ccsc1)c1nc(-c2ccc(Cl)cc2)c2cnccn12. The first-order valence-corrected chi connectivity index (χ1v) is 8.92. The number of fused-ring (bicyclic) bond motifs is 1. The molecule has 1 N–H and O–H groups in total. The van der Waals surface area contributed by atoms with Gasteiger partial charge in [-0.3, -0.25) is 14.2 Å². The number of benzene rings is 1. The number of nitrogens with zero attached hydrogens (tertiary/aromatic N) is 3. The van der Waals surface area contributed by atoms with Gasteiger partial charge in [-0.05, 0) is 34.5 Å². The molecule has 4 rings (SSSR count). The lowest BCUT2D eigenvalue weighted by atomic mass is 10.1. The molecule has 0 aliphatic rings. The molecule has 0 fully saturated rings. The third-order valence-electron chi connectivity index (χ3n) is 3.80. The molecule has 0 saturated carbocycles. The highest BCUT2D eigenvalue weighted by atomic mass is 35.5. The zero-order valence-corrected chi connectivity index (χ0v) is 14.6. The van der Waals surface area contributed by atoms with E-state index in [4.69, 9.17) is 11.6 Å². The van der Waals surface area contributed by atoms with E-state index in [2.05, 4.69) is 15.3 Å². The van der Waals surface area contributed by atoms with Gasteiger partial charge in [0.15, 0.2) is 0 Å². The first kappa shape index (κ1) is 15.8. The maximum absolute atomic E-state index is 12.6. The van der Waals surface area contributed by atoms with Gasteiger partial charge in [-0.25, -0.2) is 4.98 Å². The van der Waals surface area contributed by atoms with Crippen LogP contribution in [0.25, 0.3) is 16.8 Å². The van der Waals surface area contributed by atoms with Crippen molar-refractivity contribution in [1.82, 2.24) is 19.7 Å². The van der Waals surface area contributed by atoms with Gasteiger partial charge >= 0.3 is 0 Å². The Balaban J connectivity index is 1.71. The second-order valence-corrected chi connectivity index (χ2v) is 6.65. The van der Waals surface area contributed by atoms with Gasteiger partial charge in [0.2, 0.25) is 5.82 Å². The minimum Gasteiger partial charge on any atom is -0.345 e. The van der Waals surface area contributed by atoms with Crippen molar-refractivity contribution in [3.8, 4) is 11.3 Å². The molecule has 0 aliphatic carbocycles. The summed E-state index contributed by atoms with van der Waals surface area (Å²) < 4.78 is 1.75. The fourth-order valence-electron chi connectivity index (χ4n) is 2.57. The van der Waals surface area contributed by atoms with Crippen molar-refractivity contribution in [2.75, 3.05) is 0 Å². The molecule has 0 bridgehead atoms. The maximum atomic E-state index is 12.6. The molecule has 5 nitrogen and oxygen atoms in total. The average Bonchev–Trinajstić information content (AvgIpc) is 3.28. The third-order valence-corrected chi connectivity index (χ3v) is 4.78. The number of hydrogen-bond acceptors (Lipinski definition) is 4. The van der Waals surface area contributed by atoms with Crippen LogP contribution in [0.1, 0.15) is 16.2 Å². The molecule has 3 heterocycles. The maximum Gasteiger partial charge on any atom is 0.287 e. The summed E-state index contributed by atoms with van der Waals surface area (Å²) in [5.74, 6) is 0.102. The molecule has 0 saturated heterocycles. The second kappa shape index (κ2) is 6.66. The average molecular weight is 369 g/mol. The lowest BCUT2D eigenvalue weighted by molar-refractivity contribution is 0.0940. The van der Waals surface area contributed by atoms with E-state index in [0.29, 0.717) is 23.1 Å². The van der Waals surface area contributed by atoms with Gasteiger partial charge in [-0.1, -0.05) is 23.7 Å². The monoisotopic (exact) mass is 368 g/mol. The van der Waals surface area contributed by atoms with Crippen LogP contribution in [-0.2, 0) is 6.54 Å². The highest BCUT2D eigenvalue weighted by Gasteiger charge is 2.18. The van der Waals surface area contributed by atoms with Crippen molar-refractivity contribution < 1.29 is 4.79 Å². The van der Waals surface area contributed by atoms with E-state index < -0.39 is 0 Å². The standard InChI is InChI=1S/C18H13ClN4OS/c19-14-3-1-13(2-4-14)16-15-10-20-6-7-23(15)17(22-16)18(24)21-9-12-5-8-25-11-12/h1-8,10-11H,9H2,(H,21,24). The molecule has 1 amide bonds. The molecule has 124 valence electrons. The van der Waals surface area contributed by atoms with Crippen LogP contribution in [-0.4, -0.2) is 20.3 Å². The van der Waals surface area contributed by atoms with Gasteiger partial charge < -0.3 is 5.32 Å². The topological polar surface area (TPSA) is 59.3 Å². The first-order valence-electron chi connectivity index (χ1n) is 7.59. The number of halogens is 1. The third kappa shape index (κ3) is 3.14. The molecule has 3 aromatic heterocycles. The van der Waals surface area contributed by atoms with Crippen molar-refractivity contribution in [3.63, 3.8) is 0 Å². The Hall–Kier alpha value is -2.70. The zero-order valence-electron chi connectivity index (χ0n) is 13.0. The van der Waals surface area contributed by atoms with E-state index in [1.165, 1.54) is 0 Å². The highest BCUT2D eigenvalue weighted by molar-refractivity contribution is 7.07. The van der Waals surface area contributed by atoms with E-state index >= 15 is 0 Å². The van der Waals surface area contributed by atoms with Gasteiger partial charge in [-0.2, -0.15) is 11.3 Å². The molecular formula is C18H13ClN4OS. The molecule has 7 heteroatoms. The predicted molar refractivity (Wildman–Crippen MR) is 98.9 cm³/mol. The Morgan fingerprint density at radius 2 is 2.08 bits per heavy atom. The van der Waals surface area contributed by atoms with Crippen LogP contribution >= 0.6 is 22.9 Å². The molecule has 0 spiro atoms. The summed E-state index contributed by atoms with van der Waals surface area (Å²) in [4.78, 5) is 21.3. The Morgan fingerprint density at radius 3 is 2.84 bits per heavy atom. The van der Waals surface area contributed by atoms with Gasteiger partial charge in [0.25, 0.3) is 5.91 Å². The lowest BCUT2D eigenvalue weighted by Gasteiger charge is -2.02. The molecule has 0 unspecified atom stereocenters. The Labute approximate surface area is 152 Å². The minimum absolute atomic E-state index is 0.229. The molecule has 25 heavy (non-hydrogen) atoms. The predicted octanol–water partition coefficient (Wildman–Crippen LogP) is 4.04. The largest absolute Gasteiger partial charge is 0.345 e. The summed E-state index contributed by atoms with van der Waals surface area (Å²) in [7, 11) is 0. The molecule has 0 atom stereocenters. The van der Waals surface area contributed by atoms with E-state index in [1.54, 1.807) is 46.5 Å². The molecule has 0 radical (unpaired) electrons. The summed E-state index contributed by atoms with van der Waals surface area (Å²) in [6.45, 7) is 0.471. The van der Waals surface area contributed by atoms with E-state index in [9.17, 15) is 4.79 Å². The van der Waals surface area contributed by atoms with Crippen LogP contribution in [0.3, 0.4) is 0 Å². The Bertz CT molecular complexity index is 1030.